The highest BCUT2D eigenvalue weighted by Gasteiger charge is 2.46. The normalized spacial score (nSPS) is 16.0. The maximum Gasteiger partial charge on any atom is 0.357 e. The number of carbonyl (C=O) groups is 1. The molecule has 0 aromatic heterocycles. The number of hydrogen-bond acceptors (Lipinski definition) is 3. The van der Waals surface area contributed by atoms with Crippen molar-refractivity contribution in [3.8, 4) is 0 Å². The monoisotopic (exact) mass is 240 g/mol. The van der Waals surface area contributed by atoms with Gasteiger partial charge in [-0.2, -0.15) is 0 Å². The van der Waals surface area contributed by atoms with Crippen LogP contribution in [0.25, 0.3) is 0 Å². The van der Waals surface area contributed by atoms with Gasteiger partial charge in [0.25, 0.3) is 0 Å². The second kappa shape index (κ2) is 5.61. The minimum Gasteiger partial charge on any atom is -0.481 e. The molecule has 7 heteroatoms. The van der Waals surface area contributed by atoms with Gasteiger partial charge in [-0.1, -0.05) is 19.8 Å². The molecular weight excluding hydrogens is 223 g/mol. The Hall–Kier alpha value is -0.420. The van der Waals surface area contributed by atoms with Gasteiger partial charge in [-0.05, 0) is 12.8 Å². The fraction of sp³-hybridized carbons (Fsp3) is 0.875. The van der Waals surface area contributed by atoms with Gasteiger partial charge in [-0.15, -0.1) is 0 Å². The first-order chi connectivity index (χ1) is 6.73. The minimum absolute atomic E-state index is 0.197. The first-order valence-corrected chi connectivity index (χ1v) is 6.34. The van der Waals surface area contributed by atoms with E-state index in [9.17, 15) is 14.5 Å². The molecule has 0 fully saturated rings. The number of rotatable bonds is 7. The molecule has 0 radical (unpaired) electrons. The van der Waals surface area contributed by atoms with Gasteiger partial charge >= 0.3 is 13.6 Å². The standard InChI is InChI=1S/C8H17O6P/c1-2-3-4-5-8(11,6-7(9)10)15(12,13)14/h11H,2-6H2,1H3,(H,9,10)(H2,12,13,14). The molecule has 15 heavy (non-hydrogen) atoms. The van der Waals surface area contributed by atoms with E-state index < -0.39 is 25.3 Å². The maximum absolute atomic E-state index is 11.0. The van der Waals surface area contributed by atoms with Crippen molar-refractivity contribution >= 4 is 13.6 Å². The molecule has 1 unspecified atom stereocenters. The zero-order chi connectivity index (χ0) is 12.1. The number of aliphatic hydroxyl groups is 1. The molecule has 0 saturated carbocycles. The van der Waals surface area contributed by atoms with Crippen LogP contribution in [0.3, 0.4) is 0 Å². The molecule has 4 N–H and O–H groups in total. The van der Waals surface area contributed by atoms with E-state index in [1.165, 1.54) is 0 Å². The predicted molar refractivity (Wildman–Crippen MR) is 53.4 cm³/mol. The topological polar surface area (TPSA) is 115 Å². The summed E-state index contributed by atoms with van der Waals surface area (Å²) in [4.78, 5) is 28.2. The fourth-order valence-corrected chi connectivity index (χ4v) is 2.03. The molecule has 0 amide bonds. The van der Waals surface area contributed by atoms with Gasteiger partial charge in [-0.25, -0.2) is 0 Å². The van der Waals surface area contributed by atoms with E-state index in [1.807, 2.05) is 6.92 Å². The van der Waals surface area contributed by atoms with Crippen molar-refractivity contribution in [2.24, 2.45) is 0 Å². The van der Waals surface area contributed by atoms with E-state index in [0.717, 1.165) is 6.42 Å². The average Bonchev–Trinajstić information content (AvgIpc) is 2.01. The van der Waals surface area contributed by atoms with E-state index >= 15 is 0 Å². The summed E-state index contributed by atoms with van der Waals surface area (Å²) >= 11 is 0. The van der Waals surface area contributed by atoms with Crippen LogP contribution in [0.15, 0.2) is 0 Å². The number of aliphatic carboxylic acids is 1. The minimum atomic E-state index is -4.81. The van der Waals surface area contributed by atoms with Crippen LogP contribution in [0.2, 0.25) is 0 Å². The smallest absolute Gasteiger partial charge is 0.357 e. The third-order valence-electron chi connectivity index (χ3n) is 2.16. The van der Waals surface area contributed by atoms with Crippen molar-refractivity contribution in [3.63, 3.8) is 0 Å². The van der Waals surface area contributed by atoms with Crippen LogP contribution in [0, 0.1) is 0 Å². The number of carboxylic acids is 1. The molecule has 0 bridgehead atoms. The molecule has 0 aliphatic heterocycles. The van der Waals surface area contributed by atoms with Gasteiger partial charge in [0.15, 0.2) is 5.34 Å². The first-order valence-electron chi connectivity index (χ1n) is 4.73. The Kier molecular flexibility index (Phi) is 5.45. The molecule has 0 aliphatic rings. The molecule has 0 aromatic carbocycles. The lowest BCUT2D eigenvalue weighted by Gasteiger charge is -2.27. The highest BCUT2D eigenvalue weighted by molar-refractivity contribution is 7.53. The molecule has 6 nitrogen and oxygen atoms in total. The molecule has 0 saturated heterocycles. The van der Waals surface area contributed by atoms with Crippen molar-refractivity contribution in [1.82, 2.24) is 0 Å². The van der Waals surface area contributed by atoms with Crippen LogP contribution in [0.5, 0.6) is 0 Å². The molecular formula is C8H17O6P. The Balaban J connectivity index is 4.56. The van der Waals surface area contributed by atoms with E-state index in [-0.39, 0.29) is 6.42 Å². The van der Waals surface area contributed by atoms with Crippen LogP contribution < -0.4 is 0 Å². The Labute approximate surface area is 88.1 Å². The largest absolute Gasteiger partial charge is 0.481 e. The van der Waals surface area contributed by atoms with Crippen molar-refractivity contribution < 1.29 is 29.4 Å². The molecule has 90 valence electrons. The summed E-state index contributed by atoms with van der Waals surface area (Å²) in [5.74, 6) is -1.42. The van der Waals surface area contributed by atoms with E-state index in [4.69, 9.17) is 14.9 Å². The number of unbranched alkanes of at least 4 members (excludes halogenated alkanes) is 2. The van der Waals surface area contributed by atoms with Gasteiger partial charge < -0.3 is 20.0 Å². The van der Waals surface area contributed by atoms with Gasteiger partial charge in [0, 0.05) is 0 Å². The fourth-order valence-electron chi connectivity index (χ4n) is 1.24. The van der Waals surface area contributed by atoms with Gasteiger partial charge in [-0.3, -0.25) is 9.36 Å². The van der Waals surface area contributed by atoms with E-state index in [0.29, 0.717) is 12.8 Å². The summed E-state index contributed by atoms with van der Waals surface area (Å²) in [6.45, 7) is 1.90. The van der Waals surface area contributed by atoms with Gasteiger partial charge in [0.2, 0.25) is 0 Å². The summed E-state index contributed by atoms with van der Waals surface area (Å²) in [7, 11) is -4.81. The zero-order valence-electron chi connectivity index (χ0n) is 8.59. The third-order valence-corrected chi connectivity index (χ3v) is 3.62. The molecule has 0 aliphatic carbocycles. The highest BCUT2D eigenvalue weighted by Crippen LogP contribution is 2.53. The molecule has 0 spiro atoms. The summed E-state index contributed by atoms with van der Waals surface area (Å²) in [6.07, 6.45) is 0.788. The maximum atomic E-state index is 11.0. The quantitative estimate of drug-likeness (QED) is 0.388. The summed E-state index contributed by atoms with van der Waals surface area (Å²) in [5, 5.41) is 15.6. The lowest BCUT2D eigenvalue weighted by molar-refractivity contribution is -0.140. The summed E-state index contributed by atoms with van der Waals surface area (Å²) in [6, 6.07) is 0. The Morgan fingerprint density at radius 2 is 1.87 bits per heavy atom. The average molecular weight is 240 g/mol. The van der Waals surface area contributed by atoms with E-state index in [2.05, 4.69) is 0 Å². The van der Waals surface area contributed by atoms with Crippen LogP contribution in [0.1, 0.15) is 39.0 Å². The van der Waals surface area contributed by atoms with Crippen molar-refractivity contribution in [2.75, 3.05) is 0 Å². The van der Waals surface area contributed by atoms with Crippen LogP contribution in [-0.4, -0.2) is 31.3 Å². The molecule has 0 heterocycles. The van der Waals surface area contributed by atoms with E-state index in [1.54, 1.807) is 0 Å². The SMILES string of the molecule is CCCCCC(O)(CC(=O)O)P(=O)(O)O. The second-order valence-electron chi connectivity index (χ2n) is 3.55. The Bertz CT molecular complexity index is 260. The van der Waals surface area contributed by atoms with Crippen LogP contribution in [0.4, 0.5) is 0 Å². The van der Waals surface area contributed by atoms with Crippen molar-refractivity contribution in [3.05, 3.63) is 0 Å². The summed E-state index contributed by atoms with van der Waals surface area (Å²) < 4.78 is 11.0. The zero-order valence-corrected chi connectivity index (χ0v) is 9.48. The van der Waals surface area contributed by atoms with Crippen LogP contribution in [-0.2, 0) is 9.36 Å². The Morgan fingerprint density at radius 3 is 2.20 bits per heavy atom. The molecule has 1 atom stereocenters. The number of hydrogen-bond donors (Lipinski definition) is 4. The molecule has 0 aromatic rings. The predicted octanol–water partition coefficient (Wildman–Crippen LogP) is 0.908. The van der Waals surface area contributed by atoms with Gasteiger partial charge in [0.05, 0.1) is 6.42 Å². The lowest BCUT2D eigenvalue weighted by Crippen LogP contribution is -2.31. The molecule has 0 rings (SSSR count). The number of carboxylic acid groups (broad SMARTS) is 1. The lowest BCUT2D eigenvalue weighted by atomic mass is 10.1. The second-order valence-corrected chi connectivity index (χ2v) is 5.47. The highest BCUT2D eigenvalue weighted by atomic mass is 31.2. The third kappa shape index (κ3) is 4.75. The Morgan fingerprint density at radius 1 is 1.33 bits per heavy atom. The summed E-state index contributed by atoms with van der Waals surface area (Å²) in [5.41, 5.74) is 0. The van der Waals surface area contributed by atoms with Crippen molar-refractivity contribution in [2.45, 2.75) is 44.4 Å². The first kappa shape index (κ1) is 14.6. The van der Waals surface area contributed by atoms with Crippen molar-refractivity contribution in [1.29, 1.82) is 0 Å². The van der Waals surface area contributed by atoms with Crippen LogP contribution >= 0.6 is 7.60 Å². The van der Waals surface area contributed by atoms with Gasteiger partial charge in [0.1, 0.15) is 0 Å².